The fourth-order valence-electron chi connectivity index (χ4n) is 2.14. The van der Waals surface area contributed by atoms with Gasteiger partial charge in [-0.3, -0.25) is 4.18 Å². The van der Waals surface area contributed by atoms with Crippen molar-refractivity contribution in [1.29, 1.82) is 0 Å². The number of nitrogens with zero attached hydrogens (tertiary/aromatic N) is 2. The molecular formula is C19H26N2O4S. The van der Waals surface area contributed by atoms with Crippen LogP contribution in [-0.2, 0) is 21.1 Å². The molecule has 0 aliphatic rings. The summed E-state index contributed by atoms with van der Waals surface area (Å²) in [4.78, 5) is 2.11. The molecule has 1 aromatic heterocycles. The Balaban J connectivity index is 0.000000412. The number of hydrogen-bond donors (Lipinski definition) is 0. The van der Waals surface area contributed by atoms with Gasteiger partial charge in [-0.05, 0) is 43.7 Å². The zero-order valence-electron chi connectivity index (χ0n) is 15.6. The van der Waals surface area contributed by atoms with Crippen LogP contribution in [0.3, 0.4) is 0 Å². The highest BCUT2D eigenvalue weighted by molar-refractivity contribution is 7.80. The number of hydrogen-bond acceptors (Lipinski definition) is 5. The molecule has 6 nitrogen and oxygen atoms in total. The Morgan fingerprint density at radius 3 is 2.19 bits per heavy atom. The van der Waals surface area contributed by atoms with Gasteiger partial charge in [0.1, 0.15) is 6.54 Å². The van der Waals surface area contributed by atoms with Gasteiger partial charge in [0, 0.05) is 38.0 Å². The fraction of sp³-hybridized carbons (Fsp3) is 0.316. The Morgan fingerprint density at radius 2 is 1.73 bits per heavy atom. The van der Waals surface area contributed by atoms with Gasteiger partial charge in [-0.2, -0.15) is 4.57 Å². The molecule has 0 saturated carbocycles. The van der Waals surface area contributed by atoms with Gasteiger partial charge in [0.15, 0.2) is 6.20 Å². The zero-order valence-corrected chi connectivity index (χ0v) is 16.4. The van der Waals surface area contributed by atoms with Gasteiger partial charge in [-0.25, -0.2) is 8.42 Å². The average molecular weight is 378 g/mol. The van der Waals surface area contributed by atoms with E-state index < -0.39 is 10.4 Å². The summed E-state index contributed by atoms with van der Waals surface area (Å²) in [6.45, 7) is 4.48. The number of anilines is 1. The first-order valence-electron chi connectivity index (χ1n) is 8.31. The maximum atomic E-state index is 9.45. The standard InChI is InChI=1S/C17H21N2.C2H6O4S/c1-4-19-14-6-5-7-17(19)13-10-15-8-11-16(12-9-15)18(2)3;1-2-6-7(3,4)5/h5-14H,4H2,1-3H3;2H2,1H3,(H,3,4,5)/q+1;/p-1. The zero-order chi connectivity index (χ0) is 19.6. The van der Waals surface area contributed by atoms with E-state index in [1.807, 2.05) is 0 Å². The summed E-state index contributed by atoms with van der Waals surface area (Å²) in [6.07, 6.45) is 6.42. The molecule has 0 aliphatic carbocycles. The lowest BCUT2D eigenvalue weighted by Gasteiger charge is -2.11. The molecule has 0 atom stereocenters. The Morgan fingerprint density at radius 1 is 1.08 bits per heavy atom. The molecule has 1 heterocycles. The Kier molecular flexibility index (Phi) is 8.98. The maximum absolute atomic E-state index is 9.45. The lowest BCUT2D eigenvalue weighted by molar-refractivity contribution is -0.695. The number of aryl methyl sites for hydroxylation is 1. The van der Waals surface area contributed by atoms with Crippen molar-refractivity contribution in [2.24, 2.45) is 0 Å². The van der Waals surface area contributed by atoms with E-state index in [4.69, 9.17) is 0 Å². The summed E-state index contributed by atoms with van der Waals surface area (Å²) in [5, 5.41) is 0. The third-order valence-corrected chi connectivity index (χ3v) is 3.96. The Hall–Kier alpha value is -2.22. The van der Waals surface area contributed by atoms with E-state index in [9.17, 15) is 13.0 Å². The van der Waals surface area contributed by atoms with Crippen LogP contribution in [0.15, 0.2) is 48.7 Å². The summed E-state index contributed by atoms with van der Waals surface area (Å²) in [7, 11) is -0.315. The second kappa shape index (κ2) is 10.7. The van der Waals surface area contributed by atoms with Crippen LogP contribution in [0.4, 0.5) is 5.69 Å². The van der Waals surface area contributed by atoms with Gasteiger partial charge in [0.05, 0.1) is 6.61 Å². The van der Waals surface area contributed by atoms with Crippen LogP contribution >= 0.6 is 0 Å². The van der Waals surface area contributed by atoms with Gasteiger partial charge in [-0.15, -0.1) is 0 Å². The van der Waals surface area contributed by atoms with E-state index in [0.29, 0.717) is 0 Å². The van der Waals surface area contributed by atoms with Gasteiger partial charge in [0.25, 0.3) is 0 Å². The molecule has 0 aliphatic heterocycles. The molecule has 0 saturated heterocycles. The molecule has 0 radical (unpaired) electrons. The molecule has 0 spiro atoms. The van der Waals surface area contributed by atoms with Gasteiger partial charge in [0.2, 0.25) is 16.1 Å². The van der Waals surface area contributed by atoms with Crippen molar-refractivity contribution < 1.29 is 21.7 Å². The molecule has 0 N–H and O–H groups in total. The predicted molar refractivity (Wildman–Crippen MR) is 103 cm³/mol. The Bertz CT molecular complexity index is 801. The molecule has 0 bridgehead atoms. The van der Waals surface area contributed by atoms with E-state index in [-0.39, 0.29) is 6.61 Å². The molecule has 7 heteroatoms. The molecule has 26 heavy (non-hydrogen) atoms. The first-order chi connectivity index (χ1) is 12.3. The van der Waals surface area contributed by atoms with Crippen LogP contribution in [0, 0.1) is 0 Å². The highest BCUT2D eigenvalue weighted by atomic mass is 32.3. The summed E-state index contributed by atoms with van der Waals surface area (Å²) in [6, 6.07) is 14.8. The smallest absolute Gasteiger partial charge is 0.217 e. The molecule has 0 unspecified atom stereocenters. The first-order valence-corrected chi connectivity index (χ1v) is 9.64. The van der Waals surface area contributed by atoms with E-state index in [1.165, 1.54) is 23.9 Å². The van der Waals surface area contributed by atoms with Crippen molar-refractivity contribution in [1.82, 2.24) is 0 Å². The summed E-state index contributed by atoms with van der Waals surface area (Å²) >= 11 is 0. The van der Waals surface area contributed by atoms with Crippen LogP contribution in [0.25, 0.3) is 12.2 Å². The predicted octanol–water partition coefficient (Wildman–Crippen LogP) is 2.71. The van der Waals surface area contributed by atoms with Crippen molar-refractivity contribution in [3.8, 4) is 0 Å². The topological polar surface area (TPSA) is 73.5 Å². The Labute approximate surface area is 156 Å². The number of benzene rings is 1. The molecule has 142 valence electrons. The van der Waals surface area contributed by atoms with Crippen molar-refractivity contribution >= 4 is 28.2 Å². The minimum absolute atomic E-state index is 0.0914. The van der Waals surface area contributed by atoms with E-state index in [2.05, 4.69) is 95.5 Å². The number of aromatic nitrogens is 1. The lowest BCUT2D eigenvalue weighted by atomic mass is 10.1. The quantitative estimate of drug-likeness (QED) is 0.439. The first kappa shape index (κ1) is 21.8. The van der Waals surface area contributed by atoms with Crippen molar-refractivity contribution in [2.75, 3.05) is 25.6 Å². The average Bonchev–Trinajstić information content (AvgIpc) is 2.60. The SMILES string of the molecule is CCOS(=O)(=O)[O-].CC[n+]1ccccc1/C=C/c1ccc(N(C)C)cc1. The fourth-order valence-corrected chi connectivity index (χ4v) is 2.43. The minimum atomic E-state index is -4.42. The van der Waals surface area contributed by atoms with E-state index in [1.54, 1.807) is 0 Å². The normalized spacial score (nSPS) is 11.1. The van der Waals surface area contributed by atoms with Crippen LogP contribution in [0.5, 0.6) is 0 Å². The second-order valence-corrected chi connectivity index (χ2v) is 6.60. The van der Waals surface area contributed by atoms with E-state index in [0.717, 1.165) is 6.54 Å². The van der Waals surface area contributed by atoms with Crippen LogP contribution in [-0.4, -0.2) is 33.7 Å². The highest BCUT2D eigenvalue weighted by Crippen LogP contribution is 2.13. The molecule has 1 aromatic carbocycles. The number of rotatable bonds is 6. The van der Waals surface area contributed by atoms with Crippen LogP contribution in [0.2, 0.25) is 0 Å². The summed E-state index contributed by atoms with van der Waals surface area (Å²) in [5.41, 5.74) is 3.67. The summed E-state index contributed by atoms with van der Waals surface area (Å²) < 4.78 is 34.2. The van der Waals surface area contributed by atoms with Crippen LogP contribution < -0.4 is 9.47 Å². The minimum Gasteiger partial charge on any atom is -0.726 e. The van der Waals surface area contributed by atoms with Crippen molar-refractivity contribution in [2.45, 2.75) is 20.4 Å². The molecule has 2 rings (SSSR count). The number of pyridine rings is 1. The van der Waals surface area contributed by atoms with E-state index >= 15 is 0 Å². The lowest BCUT2D eigenvalue weighted by Crippen LogP contribution is -2.34. The molecule has 2 aromatic rings. The van der Waals surface area contributed by atoms with Gasteiger partial charge >= 0.3 is 0 Å². The molecule has 0 amide bonds. The largest absolute Gasteiger partial charge is 0.726 e. The van der Waals surface area contributed by atoms with Crippen molar-refractivity contribution in [3.05, 3.63) is 59.9 Å². The molecule has 0 fully saturated rings. The monoisotopic (exact) mass is 378 g/mol. The maximum Gasteiger partial charge on any atom is 0.217 e. The van der Waals surface area contributed by atoms with Gasteiger partial charge in [-0.1, -0.05) is 12.1 Å². The van der Waals surface area contributed by atoms with Crippen LogP contribution in [0.1, 0.15) is 25.1 Å². The third kappa shape index (κ3) is 8.24. The highest BCUT2D eigenvalue weighted by Gasteiger charge is 2.02. The van der Waals surface area contributed by atoms with Crippen molar-refractivity contribution in [3.63, 3.8) is 0 Å². The second-order valence-electron chi connectivity index (χ2n) is 5.55. The molecular weight excluding hydrogens is 352 g/mol. The summed E-state index contributed by atoms with van der Waals surface area (Å²) in [5.74, 6) is 0. The third-order valence-electron chi connectivity index (χ3n) is 3.43. The van der Waals surface area contributed by atoms with Gasteiger partial charge < -0.3 is 9.45 Å².